The van der Waals surface area contributed by atoms with Gasteiger partial charge in [-0.25, -0.2) is 0 Å². The van der Waals surface area contributed by atoms with Gasteiger partial charge in [0.25, 0.3) is 0 Å². The van der Waals surface area contributed by atoms with Crippen LogP contribution in [-0.4, -0.2) is 14.2 Å². The molecule has 0 fully saturated rings. The molecule has 0 aliphatic carbocycles. The number of rotatable bonds is 4. The lowest BCUT2D eigenvalue weighted by molar-refractivity contribution is 0.404. The highest BCUT2D eigenvalue weighted by molar-refractivity contribution is 7.99. The Morgan fingerprint density at radius 1 is 0.882 bits per heavy atom. The normalized spacial score (nSPS) is 10.0. The molecule has 0 heterocycles. The van der Waals surface area contributed by atoms with Gasteiger partial charge in [-0.05, 0) is 30.3 Å². The number of benzene rings is 2. The number of hydrogen-bond acceptors (Lipinski definition) is 3. The van der Waals surface area contributed by atoms with Gasteiger partial charge in [-0.15, -0.1) is 0 Å². The summed E-state index contributed by atoms with van der Waals surface area (Å²) in [6.07, 6.45) is 0. The first-order valence-corrected chi connectivity index (χ1v) is 6.10. The third-order valence-corrected chi connectivity index (χ3v) is 3.38. The molecule has 0 saturated heterocycles. The SMILES string of the molecule is COc1cccc(Sc2ccccc2OC)c1. The van der Waals surface area contributed by atoms with Crippen molar-refractivity contribution in [3.63, 3.8) is 0 Å². The summed E-state index contributed by atoms with van der Waals surface area (Å²) < 4.78 is 10.5. The van der Waals surface area contributed by atoms with Gasteiger partial charge in [-0.2, -0.15) is 0 Å². The Kier molecular flexibility index (Phi) is 3.94. The average molecular weight is 246 g/mol. The molecule has 88 valence electrons. The molecule has 2 aromatic rings. The second-order valence-corrected chi connectivity index (χ2v) is 4.55. The molecule has 0 spiro atoms. The first kappa shape index (κ1) is 11.9. The van der Waals surface area contributed by atoms with E-state index in [1.54, 1.807) is 26.0 Å². The minimum Gasteiger partial charge on any atom is -0.497 e. The van der Waals surface area contributed by atoms with Crippen LogP contribution in [0.15, 0.2) is 58.3 Å². The van der Waals surface area contributed by atoms with Gasteiger partial charge in [0.15, 0.2) is 0 Å². The molecule has 3 heteroatoms. The van der Waals surface area contributed by atoms with Crippen molar-refractivity contribution in [3.05, 3.63) is 48.5 Å². The van der Waals surface area contributed by atoms with Crippen LogP contribution in [-0.2, 0) is 0 Å². The molecule has 2 nitrogen and oxygen atoms in total. The quantitative estimate of drug-likeness (QED) is 0.816. The number of para-hydroxylation sites is 1. The zero-order chi connectivity index (χ0) is 12.1. The lowest BCUT2D eigenvalue weighted by Crippen LogP contribution is -1.86. The molecule has 0 aliphatic rings. The number of hydrogen-bond donors (Lipinski definition) is 0. The molecular weight excluding hydrogens is 232 g/mol. The first-order valence-electron chi connectivity index (χ1n) is 5.28. The third-order valence-electron chi connectivity index (χ3n) is 2.34. The van der Waals surface area contributed by atoms with Crippen molar-refractivity contribution in [2.45, 2.75) is 9.79 Å². The summed E-state index contributed by atoms with van der Waals surface area (Å²) in [5, 5.41) is 0. The summed E-state index contributed by atoms with van der Waals surface area (Å²) in [5.74, 6) is 1.75. The van der Waals surface area contributed by atoms with Gasteiger partial charge in [-0.3, -0.25) is 0 Å². The maximum absolute atomic E-state index is 5.32. The van der Waals surface area contributed by atoms with Gasteiger partial charge in [0, 0.05) is 4.90 Å². The van der Waals surface area contributed by atoms with Crippen molar-refractivity contribution < 1.29 is 9.47 Å². The zero-order valence-corrected chi connectivity index (χ0v) is 10.7. The maximum Gasteiger partial charge on any atom is 0.132 e. The van der Waals surface area contributed by atoms with Crippen LogP contribution >= 0.6 is 11.8 Å². The summed E-state index contributed by atoms with van der Waals surface area (Å²) in [6, 6.07) is 16.0. The largest absolute Gasteiger partial charge is 0.497 e. The predicted molar refractivity (Wildman–Crippen MR) is 70.1 cm³/mol. The van der Waals surface area contributed by atoms with Gasteiger partial charge in [0.05, 0.1) is 19.1 Å². The van der Waals surface area contributed by atoms with E-state index in [1.165, 1.54) is 0 Å². The number of methoxy groups -OCH3 is 2. The molecular formula is C14H14O2S. The average Bonchev–Trinajstić information content (AvgIpc) is 2.39. The number of ether oxygens (including phenoxy) is 2. The summed E-state index contributed by atoms with van der Waals surface area (Å²) in [7, 11) is 3.36. The summed E-state index contributed by atoms with van der Waals surface area (Å²) in [5.41, 5.74) is 0. The van der Waals surface area contributed by atoms with Gasteiger partial charge in [0.1, 0.15) is 11.5 Å². The Morgan fingerprint density at radius 2 is 1.71 bits per heavy atom. The first-order chi connectivity index (χ1) is 8.33. The topological polar surface area (TPSA) is 18.5 Å². The van der Waals surface area contributed by atoms with Crippen LogP contribution in [0.1, 0.15) is 0 Å². The second kappa shape index (κ2) is 5.64. The Morgan fingerprint density at radius 3 is 2.47 bits per heavy atom. The standard InChI is InChI=1S/C14H14O2S/c1-15-11-6-5-7-12(10-11)17-14-9-4-3-8-13(14)16-2/h3-10H,1-2H3. The van der Waals surface area contributed by atoms with Crippen LogP contribution in [0, 0.1) is 0 Å². The highest BCUT2D eigenvalue weighted by Gasteiger charge is 2.04. The molecule has 0 unspecified atom stereocenters. The van der Waals surface area contributed by atoms with Crippen LogP contribution in [0.25, 0.3) is 0 Å². The fraction of sp³-hybridized carbons (Fsp3) is 0.143. The smallest absolute Gasteiger partial charge is 0.132 e. The Balaban J connectivity index is 2.24. The van der Waals surface area contributed by atoms with E-state index in [1.807, 2.05) is 42.5 Å². The van der Waals surface area contributed by atoms with E-state index in [-0.39, 0.29) is 0 Å². The van der Waals surface area contributed by atoms with E-state index in [0.717, 1.165) is 21.3 Å². The fourth-order valence-corrected chi connectivity index (χ4v) is 2.47. The minimum atomic E-state index is 0.866. The van der Waals surface area contributed by atoms with E-state index >= 15 is 0 Å². The van der Waals surface area contributed by atoms with Crippen molar-refractivity contribution in [2.24, 2.45) is 0 Å². The maximum atomic E-state index is 5.32. The van der Waals surface area contributed by atoms with Crippen LogP contribution in [0.4, 0.5) is 0 Å². The molecule has 0 saturated carbocycles. The van der Waals surface area contributed by atoms with Gasteiger partial charge >= 0.3 is 0 Å². The molecule has 0 aromatic heterocycles. The Labute approximate surface area is 106 Å². The summed E-state index contributed by atoms with van der Waals surface area (Å²) in [4.78, 5) is 2.23. The zero-order valence-electron chi connectivity index (χ0n) is 9.84. The lowest BCUT2D eigenvalue weighted by atomic mass is 10.3. The summed E-state index contributed by atoms with van der Waals surface area (Å²) >= 11 is 1.66. The van der Waals surface area contributed by atoms with Crippen molar-refractivity contribution in [1.82, 2.24) is 0 Å². The second-order valence-electron chi connectivity index (χ2n) is 3.43. The summed E-state index contributed by atoms with van der Waals surface area (Å²) in [6.45, 7) is 0. The van der Waals surface area contributed by atoms with Crippen molar-refractivity contribution in [2.75, 3.05) is 14.2 Å². The van der Waals surface area contributed by atoms with E-state index in [2.05, 4.69) is 6.07 Å². The third kappa shape index (κ3) is 2.94. The van der Waals surface area contributed by atoms with Crippen LogP contribution in [0.5, 0.6) is 11.5 Å². The van der Waals surface area contributed by atoms with Gasteiger partial charge < -0.3 is 9.47 Å². The highest BCUT2D eigenvalue weighted by Crippen LogP contribution is 2.35. The van der Waals surface area contributed by atoms with Crippen molar-refractivity contribution in [1.29, 1.82) is 0 Å². The predicted octanol–water partition coefficient (Wildman–Crippen LogP) is 3.86. The van der Waals surface area contributed by atoms with E-state index < -0.39 is 0 Å². The van der Waals surface area contributed by atoms with Crippen LogP contribution < -0.4 is 9.47 Å². The molecule has 0 bridgehead atoms. The van der Waals surface area contributed by atoms with Gasteiger partial charge in [0.2, 0.25) is 0 Å². The lowest BCUT2D eigenvalue weighted by Gasteiger charge is -2.08. The van der Waals surface area contributed by atoms with Crippen LogP contribution in [0.2, 0.25) is 0 Å². The minimum absolute atomic E-state index is 0.866. The molecule has 17 heavy (non-hydrogen) atoms. The van der Waals surface area contributed by atoms with Crippen molar-refractivity contribution in [3.8, 4) is 11.5 Å². The van der Waals surface area contributed by atoms with Crippen molar-refractivity contribution >= 4 is 11.8 Å². The van der Waals surface area contributed by atoms with E-state index in [0.29, 0.717) is 0 Å². The monoisotopic (exact) mass is 246 g/mol. The molecule has 0 aliphatic heterocycles. The Bertz CT molecular complexity index is 497. The molecule has 2 rings (SSSR count). The molecule has 0 radical (unpaired) electrons. The highest BCUT2D eigenvalue weighted by atomic mass is 32.2. The fourth-order valence-electron chi connectivity index (χ4n) is 1.49. The molecule has 0 atom stereocenters. The molecule has 0 amide bonds. The van der Waals surface area contributed by atoms with Crippen LogP contribution in [0.3, 0.4) is 0 Å². The molecule has 2 aromatic carbocycles. The Hall–Kier alpha value is -1.61. The van der Waals surface area contributed by atoms with Gasteiger partial charge in [-0.1, -0.05) is 30.0 Å². The van der Waals surface area contributed by atoms with E-state index in [4.69, 9.17) is 9.47 Å². The molecule has 0 N–H and O–H groups in total. The van der Waals surface area contributed by atoms with E-state index in [9.17, 15) is 0 Å².